The minimum absolute atomic E-state index is 0.00285. The molecule has 0 spiro atoms. The molecule has 2 amide bonds. The van der Waals surface area contributed by atoms with Crippen LogP contribution < -0.4 is 14.8 Å². The first-order valence-corrected chi connectivity index (χ1v) is 12.5. The number of pyridine rings is 1. The van der Waals surface area contributed by atoms with E-state index in [4.69, 9.17) is 14.5 Å². The van der Waals surface area contributed by atoms with Crippen molar-refractivity contribution in [2.24, 2.45) is 10.9 Å². The van der Waals surface area contributed by atoms with Crippen molar-refractivity contribution < 1.29 is 19.1 Å². The van der Waals surface area contributed by atoms with Crippen LogP contribution in [-0.4, -0.2) is 47.6 Å². The number of rotatable bonds is 5. The van der Waals surface area contributed by atoms with E-state index in [2.05, 4.69) is 17.2 Å². The summed E-state index contributed by atoms with van der Waals surface area (Å²) >= 11 is 0. The van der Waals surface area contributed by atoms with E-state index < -0.39 is 0 Å². The standard InChI is InChI=1S/C30H26N4O4/c1-18-12-21-16-32-25-15-27(26(37-2)14-23(25)30(36)34(21)17-18)38-11-10-31-29(35)22-8-5-7-20-13-19-6-3-4-9-24(19)33-28(20)22/h3-11,13-16,18,21H,12,17H2,1-2H3,(H,31,35)/t18-,21+/m1/s1. The van der Waals surface area contributed by atoms with E-state index in [0.717, 1.165) is 22.7 Å². The molecule has 8 heteroatoms. The highest BCUT2D eigenvalue weighted by molar-refractivity contribution is 6.08. The molecule has 1 N–H and O–H groups in total. The molecule has 38 heavy (non-hydrogen) atoms. The van der Waals surface area contributed by atoms with Crippen molar-refractivity contribution >= 4 is 45.5 Å². The van der Waals surface area contributed by atoms with Crippen molar-refractivity contribution in [2.75, 3.05) is 13.7 Å². The summed E-state index contributed by atoms with van der Waals surface area (Å²) in [5, 5.41) is 4.64. The molecule has 4 aromatic rings. The molecule has 0 unspecified atom stereocenters. The Kier molecular flexibility index (Phi) is 5.99. The minimum Gasteiger partial charge on any atom is -0.493 e. The van der Waals surface area contributed by atoms with Gasteiger partial charge in [0.1, 0.15) is 6.26 Å². The zero-order chi connectivity index (χ0) is 26.2. The number of carbonyl (C=O) groups excluding carboxylic acids is 2. The van der Waals surface area contributed by atoms with E-state index in [1.807, 2.05) is 53.6 Å². The zero-order valence-corrected chi connectivity index (χ0v) is 21.0. The van der Waals surface area contributed by atoms with Gasteiger partial charge in [0.2, 0.25) is 0 Å². The molecule has 8 nitrogen and oxygen atoms in total. The second-order valence-electron chi connectivity index (χ2n) is 9.62. The van der Waals surface area contributed by atoms with Gasteiger partial charge < -0.3 is 19.7 Å². The summed E-state index contributed by atoms with van der Waals surface area (Å²) in [6.45, 7) is 2.85. The summed E-state index contributed by atoms with van der Waals surface area (Å²) in [7, 11) is 1.52. The third-order valence-corrected chi connectivity index (χ3v) is 6.98. The second-order valence-corrected chi connectivity index (χ2v) is 9.62. The molecule has 0 bridgehead atoms. The molecule has 3 heterocycles. The summed E-state index contributed by atoms with van der Waals surface area (Å²) in [6, 6.07) is 18.7. The summed E-state index contributed by atoms with van der Waals surface area (Å²) in [6.07, 6.45) is 5.51. The first kappa shape index (κ1) is 23.7. The van der Waals surface area contributed by atoms with Crippen LogP contribution in [-0.2, 0) is 0 Å². The van der Waals surface area contributed by atoms with Crippen LogP contribution in [0.25, 0.3) is 21.8 Å². The molecule has 2 atom stereocenters. The summed E-state index contributed by atoms with van der Waals surface area (Å²) in [4.78, 5) is 37.3. The highest BCUT2D eigenvalue weighted by atomic mass is 16.5. The average molecular weight is 507 g/mol. The number of para-hydroxylation sites is 2. The highest BCUT2D eigenvalue weighted by Gasteiger charge is 2.35. The molecule has 2 aliphatic rings. The Hall–Kier alpha value is -4.72. The normalized spacial score (nSPS) is 18.5. The van der Waals surface area contributed by atoms with Gasteiger partial charge in [-0.1, -0.05) is 37.3 Å². The Balaban J connectivity index is 1.21. The van der Waals surface area contributed by atoms with Crippen LogP contribution in [0.3, 0.4) is 0 Å². The first-order valence-electron chi connectivity index (χ1n) is 12.5. The van der Waals surface area contributed by atoms with Crippen LogP contribution in [0.15, 0.2) is 78.1 Å². The number of hydrogen-bond donors (Lipinski definition) is 1. The Bertz CT molecular complexity index is 1640. The number of aromatic nitrogens is 1. The SMILES string of the molecule is COc1cc2c(cc1OC=CNC(=O)c1cccc3cc4ccccc4nc13)N=C[C@@H]1C[C@@H](C)CN1C2=O. The summed E-state index contributed by atoms with van der Waals surface area (Å²) < 4.78 is 11.3. The third-order valence-electron chi connectivity index (χ3n) is 6.98. The average Bonchev–Trinajstić information content (AvgIpc) is 3.27. The molecule has 6 rings (SSSR count). The number of hydrogen-bond acceptors (Lipinski definition) is 6. The van der Waals surface area contributed by atoms with Crippen molar-refractivity contribution in [3.8, 4) is 11.5 Å². The number of nitrogens with zero attached hydrogens (tertiary/aromatic N) is 3. The van der Waals surface area contributed by atoms with Gasteiger partial charge in [0.15, 0.2) is 11.5 Å². The van der Waals surface area contributed by atoms with Crippen LogP contribution in [0, 0.1) is 5.92 Å². The maximum absolute atomic E-state index is 13.2. The lowest BCUT2D eigenvalue weighted by atomic mass is 10.1. The maximum atomic E-state index is 13.2. The fourth-order valence-corrected chi connectivity index (χ4v) is 5.14. The Morgan fingerprint density at radius 1 is 1.08 bits per heavy atom. The minimum atomic E-state index is -0.308. The summed E-state index contributed by atoms with van der Waals surface area (Å²) in [5.74, 6) is 0.855. The molecular weight excluding hydrogens is 480 g/mol. The molecule has 1 fully saturated rings. The van der Waals surface area contributed by atoms with E-state index in [-0.39, 0.29) is 17.9 Å². The molecule has 1 saturated heterocycles. The van der Waals surface area contributed by atoms with Crippen LogP contribution >= 0.6 is 0 Å². The fraction of sp³-hybridized carbons (Fsp3) is 0.200. The van der Waals surface area contributed by atoms with Gasteiger partial charge in [-0.25, -0.2) is 4.98 Å². The van der Waals surface area contributed by atoms with E-state index >= 15 is 0 Å². The summed E-state index contributed by atoms with van der Waals surface area (Å²) in [5.41, 5.74) is 2.92. The van der Waals surface area contributed by atoms with E-state index in [0.29, 0.717) is 46.3 Å². The van der Waals surface area contributed by atoms with Crippen molar-refractivity contribution in [1.29, 1.82) is 0 Å². The molecule has 190 valence electrons. The van der Waals surface area contributed by atoms with Crippen molar-refractivity contribution in [3.63, 3.8) is 0 Å². The third kappa shape index (κ3) is 4.24. The van der Waals surface area contributed by atoms with Gasteiger partial charge in [-0.2, -0.15) is 0 Å². The highest BCUT2D eigenvalue weighted by Crippen LogP contribution is 2.38. The van der Waals surface area contributed by atoms with E-state index in [1.165, 1.54) is 19.6 Å². The Labute approximate surface area is 219 Å². The fourth-order valence-electron chi connectivity index (χ4n) is 5.14. The van der Waals surface area contributed by atoms with Crippen LogP contribution in [0.5, 0.6) is 11.5 Å². The predicted molar refractivity (Wildman–Crippen MR) is 146 cm³/mol. The molecule has 2 aliphatic heterocycles. The Morgan fingerprint density at radius 2 is 1.92 bits per heavy atom. The van der Waals surface area contributed by atoms with Gasteiger partial charge in [0.25, 0.3) is 11.8 Å². The van der Waals surface area contributed by atoms with Gasteiger partial charge in [0.05, 0.1) is 41.0 Å². The smallest absolute Gasteiger partial charge is 0.257 e. The lowest BCUT2D eigenvalue weighted by Crippen LogP contribution is -2.35. The van der Waals surface area contributed by atoms with Crippen LogP contribution in [0.4, 0.5) is 5.69 Å². The van der Waals surface area contributed by atoms with Gasteiger partial charge in [-0.05, 0) is 36.6 Å². The number of amides is 2. The van der Waals surface area contributed by atoms with Crippen molar-refractivity contribution in [1.82, 2.24) is 15.2 Å². The van der Waals surface area contributed by atoms with Gasteiger partial charge in [-0.15, -0.1) is 0 Å². The number of methoxy groups -OCH3 is 1. The second kappa shape index (κ2) is 9.63. The lowest BCUT2D eigenvalue weighted by molar-refractivity contribution is 0.0770. The number of carbonyl (C=O) groups is 2. The molecule has 3 aromatic carbocycles. The molecule has 0 saturated carbocycles. The largest absolute Gasteiger partial charge is 0.493 e. The van der Waals surface area contributed by atoms with E-state index in [9.17, 15) is 9.59 Å². The molecule has 1 aromatic heterocycles. The zero-order valence-electron chi connectivity index (χ0n) is 21.0. The maximum Gasteiger partial charge on any atom is 0.257 e. The Morgan fingerprint density at radius 3 is 2.79 bits per heavy atom. The van der Waals surface area contributed by atoms with Crippen molar-refractivity contribution in [3.05, 3.63) is 84.3 Å². The molecule has 0 aliphatic carbocycles. The number of benzene rings is 3. The molecule has 0 radical (unpaired) electrons. The first-order chi connectivity index (χ1) is 18.5. The quantitative estimate of drug-likeness (QED) is 0.295. The number of ether oxygens (including phenoxy) is 2. The van der Waals surface area contributed by atoms with Gasteiger partial charge >= 0.3 is 0 Å². The lowest BCUT2D eigenvalue weighted by Gasteiger charge is -2.20. The predicted octanol–water partition coefficient (Wildman–Crippen LogP) is 5.24. The number of aliphatic imine (C=N–C) groups is 1. The van der Waals surface area contributed by atoms with Crippen molar-refractivity contribution in [2.45, 2.75) is 19.4 Å². The van der Waals surface area contributed by atoms with Gasteiger partial charge in [0, 0.05) is 35.8 Å². The van der Waals surface area contributed by atoms with Gasteiger partial charge in [-0.3, -0.25) is 14.6 Å². The number of fused-ring (bicyclic) bond motifs is 4. The number of nitrogens with one attached hydrogen (secondary N) is 1. The van der Waals surface area contributed by atoms with E-state index in [1.54, 1.807) is 18.2 Å². The van der Waals surface area contributed by atoms with Crippen LogP contribution in [0.2, 0.25) is 0 Å². The monoisotopic (exact) mass is 506 g/mol. The molecular formula is C30H26N4O4. The van der Waals surface area contributed by atoms with Crippen LogP contribution in [0.1, 0.15) is 34.1 Å². The topological polar surface area (TPSA) is 93.1 Å².